The first-order valence-corrected chi connectivity index (χ1v) is 7.76. The van der Waals surface area contributed by atoms with Gasteiger partial charge in [-0.3, -0.25) is 0 Å². The number of aromatic nitrogens is 2. The van der Waals surface area contributed by atoms with Crippen LogP contribution in [-0.2, 0) is 18.2 Å². The third-order valence-electron chi connectivity index (χ3n) is 3.62. The van der Waals surface area contributed by atoms with E-state index in [1.165, 1.54) is 7.11 Å². The van der Waals surface area contributed by atoms with Gasteiger partial charge in [-0.15, -0.1) is 0 Å². The summed E-state index contributed by atoms with van der Waals surface area (Å²) >= 11 is 0. The molecule has 0 atom stereocenters. The van der Waals surface area contributed by atoms with Gasteiger partial charge in [-0.25, -0.2) is 9.78 Å². The van der Waals surface area contributed by atoms with Crippen molar-refractivity contribution in [2.45, 2.75) is 20.3 Å². The Bertz CT molecular complexity index is 789. The van der Waals surface area contributed by atoms with Crippen LogP contribution in [0.5, 0.6) is 0 Å². The van der Waals surface area contributed by atoms with Gasteiger partial charge in [0.05, 0.1) is 23.7 Å². The molecule has 4 nitrogen and oxygen atoms in total. The van der Waals surface area contributed by atoms with Crippen LogP contribution in [0.15, 0.2) is 48.5 Å². The molecular formula is C19H22N2O2. The summed E-state index contributed by atoms with van der Waals surface area (Å²) in [5.41, 5.74) is 3.80. The topological polar surface area (TPSA) is 44.1 Å². The van der Waals surface area contributed by atoms with Gasteiger partial charge in [-0.2, -0.15) is 0 Å². The van der Waals surface area contributed by atoms with Crippen molar-refractivity contribution >= 4 is 17.0 Å². The second-order valence-electron chi connectivity index (χ2n) is 4.94. The molecule has 0 aliphatic rings. The molecule has 0 aliphatic carbocycles. The Kier molecular flexibility index (Phi) is 5.52. The number of methoxy groups -OCH3 is 1. The highest BCUT2D eigenvalue weighted by atomic mass is 16.5. The average Bonchev–Trinajstić information content (AvgIpc) is 2.93. The van der Waals surface area contributed by atoms with E-state index >= 15 is 0 Å². The fraction of sp³-hybridized carbons (Fsp3) is 0.263. The monoisotopic (exact) mass is 310 g/mol. The van der Waals surface area contributed by atoms with E-state index < -0.39 is 0 Å². The zero-order valence-electron chi connectivity index (χ0n) is 14.0. The fourth-order valence-corrected chi connectivity index (χ4v) is 2.41. The van der Waals surface area contributed by atoms with Gasteiger partial charge in [-0.05, 0) is 29.8 Å². The minimum absolute atomic E-state index is 0.315. The molecule has 0 bridgehead atoms. The predicted octanol–water partition coefficient (Wildman–Crippen LogP) is 3.98. The molecule has 0 spiro atoms. The smallest absolute Gasteiger partial charge is 0.337 e. The molecule has 0 saturated carbocycles. The first-order chi connectivity index (χ1) is 11.2. The molecule has 0 amide bonds. The summed E-state index contributed by atoms with van der Waals surface area (Å²) in [4.78, 5) is 16.1. The quantitative estimate of drug-likeness (QED) is 0.687. The molecule has 0 unspecified atom stereocenters. The van der Waals surface area contributed by atoms with E-state index in [9.17, 15) is 4.79 Å². The van der Waals surface area contributed by atoms with Crippen molar-refractivity contribution in [3.05, 3.63) is 65.5 Å². The number of hydrogen-bond acceptors (Lipinski definition) is 3. The summed E-state index contributed by atoms with van der Waals surface area (Å²) in [6.07, 6.45) is 0.729. The zero-order valence-corrected chi connectivity index (χ0v) is 14.0. The lowest BCUT2D eigenvalue weighted by atomic mass is 10.1. The highest BCUT2D eigenvalue weighted by Gasteiger charge is 2.09. The van der Waals surface area contributed by atoms with E-state index in [-0.39, 0.29) is 5.97 Å². The van der Waals surface area contributed by atoms with Gasteiger partial charge < -0.3 is 9.30 Å². The molecule has 0 saturated heterocycles. The molecule has 0 fully saturated rings. The van der Waals surface area contributed by atoms with Gasteiger partial charge in [0.2, 0.25) is 0 Å². The molecule has 0 N–H and O–H groups in total. The van der Waals surface area contributed by atoms with Gasteiger partial charge in [0.15, 0.2) is 0 Å². The largest absolute Gasteiger partial charge is 0.465 e. The molecule has 23 heavy (non-hydrogen) atoms. The lowest BCUT2D eigenvalue weighted by Crippen LogP contribution is -2.02. The van der Waals surface area contributed by atoms with Crippen LogP contribution < -0.4 is 0 Å². The molecular weight excluding hydrogens is 288 g/mol. The van der Waals surface area contributed by atoms with E-state index in [0.717, 1.165) is 28.8 Å². The first-order valence-electron chi connectivity index (χ1n) is 7.76. The first kappa shape index (κ1) is 16.7. The summed E-state index contributed by atoms with van der Waals surface area (Å²) in [5.74, 6) is 0.686. The maximum absolute atomic E-state index is 11.4. The second kappa shape index (κ2) is 7.58. The van der Waals surface area contributed by atoms with Crippen LogP contribution in [0.3, 0.4) is 0 Å². The number of hydrogen-bond donors (Lipinski definition) is 0. The highest BCUT2D eigenvalue weighted by molar-refractivity contribution is 5.89. The Labute approximate surface area is 136 Å². The van der Waals surface area contributed by atoms with Gasteiger partial charge >= 0.3 is 5.97 Å². The number of rotatable bonds is 3. The standard InChI is InChI=1S/C17H16N2O2.C2H6/c1-19-15-6-4-3-5-14(15)18-16(19)11-12-7-9-13(10-8-12)17(20)21-2;1-2/h3-10H,11H2,1-2H3;1-2H3. The SMILES string of the molecule is CC.COC(=O)c1ccc(Cc2nc3ccccc3n2C)cc1. The number of ether oxygens (including phenoxy) is 1. The van der Waals surface area contributed by atoms with E-state index in [4.69, 9.17) is 4.74 Å². The van der Waals surface area contributed by atoms with Crippen molar-refractivity contribution in [2.75, 3.05) is 7.11 Å². The number of nitrogens with zero attached hydrogens (tertiary/aromatic N) is 2. The summed E-state index contributed by atoms with van der Waals surface area (Å²) in [5, 5.41) is 0. The number of imidazole rings is 1. The Morgan fingerprint density at radius 1 is 1.09 bits per heavy atom. The van der Waals surface area contributed by atoms with E-state index in [1.807, 2.05) is 51.2 Å². The van der Waals surface area contributed by atoms with Crippen molar-refractivity contribution in [1.29, 1.82) is 0 Å². The van der Waals surface area contributed by atoms with Gasteiger partial charge in [0.25, 0.3) is 0 Å². The second-order valence-corrected chi connectivity index (χ2v) is 4.94. The minimum Gasteiger partial charge on any atom is -0.465 e. The Balaban J connectivity index is 0.000000924. The molecule has 1 heterocycles. The maximum atomic E-state index is 11.4. The highest BCUT2D eigenvalue weighted by Crippen LogP contribution is 2.17. The summed E-state index contributed by atoms with van der Waals surface area (Å²) < 4.78 is 6.80. The van der Waals surface area contributed by atoms with Crippen LogP contribution in [0.1, 0.15) is 35.6 Å². The molecule has 120 valence electrons. The van der Waals surface area contributed by atoms with Crippen molar-refractivity contribution in [1.82, 2.24) is 9.55 Å². The van der Waals surface area contributed by atoms with Crippen molar-refractivity contribution in [3.63, 3.8) is 0 Å². The lowest BCUT2D eigenvalue weighted by Gasteiger charge is -2.04. The van der Waals surface area contributed by atoms with E-state index in [2.05, 4.69) is 15.6 Å². The zero-order chi connectivity index (χ0) is 16.8. The van der Waals surface area contributed by atoms with Crippen LogP contribution in [0.25, 0.3) is 11.0 Å². The Hall–Kier alpha value is -2.62. The molecule has 1 aromatic heterocycles. The number of benzene rings is 2. The molecule has 3 aromatic rings. The number of aryl methyl sites for hydroxylation is 1. The Morgan fingerprint density at radius 2 is 1.74 bits per heavy atom. The van der Waals surface area contributed by atoms with Crippen LogP contribution >= 0.6 is 0 Å². The molecule has 2 aromatic carbocycles. The summed E-state index contributed by atoms with van der Waals surface area (Å²) in [7, 11) is 3.41. The third-order valence-corrected chi connectivity index (χ3v) is 3.62. The fourth-order valence-electron chi connectivity index (χ4n) is 2.41. The number of fused-ring (bicyclic) bond motifs is 1. The van der Waals surface area contributed by atoms with Crippen LogP contribution in [0.4, 0.5) is 0 Å². The number of carbonyl (C=O) groups is 1. The van der Waals surface area contributed by atoms with Crippen molar-refractivity contribution < 1.29 is 9.53 Å². The predicted molar refractivity (Wildman–Crippen MR) is 92.6 cm³/mol. The Morgan fingerprint density at radius 3 is 2.35 bits per heavy atom. The number of esters is 1. The van der Waals surface area contributed by atoms with Gasteiger partial charge in [0, 0.05) is 13.5 Å². The molecule has 0 radical (unpaired) electrons. The molecule has 3 rings (SSSR count). The van der Waals surface area contributed by atoms with Gasteiger partial charge in [0.1, 0.15) is 5.82 Å². The van der Waals surface area contributed by atoms with Gasteiger partial charge in [-0.1, -0.05) is 38.1 Å². The summed E-state index contributed by atoms with van der Waals surface area (Å²) in [6.45, 7) is 4.00. The molecule has 0 aliphatic heterocycles. The normalized spacial score (nSPS) is 10.1. The third kappa shape index (κ3) is 3.59. The minimum atomic E-state index is -0.315. The average molecular weight is 310 g/mol. The number of para-hydroxylation sites is 2. The van der Waals surface area contributed by atoms with Crippen LogP contribution in [0, 0.1) is 0 Å². The van der Waals surface area contributed by atoms with E-state index in [1.54, 1.807) is 12.1 Å². The van der Waals surface area contributed by atoms with E-state index in [0.29, 0.717) is 5.56 Å². The van der Waals surface area contributed by atoms with Crippen LogP contribution in [0.2, 0.25) is 0 Å². The summed E-state index contributed by atoms with van der Waals surface area (Å²) in [6, 6.07) is 15.5. The lowest BCUT2D eigenvalue weighted by molar-refractivity contribution is 0.0600. The van der Waals surface area contributed by atoms with Crippen LogP contribution in [-0.4, -0.2) is 22.6 Å². The van der Waals surface area contributed by atoms with Crippen molar-refractivity contribution in [3.8, 4) is 0 Å². The maximum Gasteiger partial charge on any atom is 0.337 e. The molecule has 4 heteroatoms. The van der Waals surface area contributed by atoms with Crippen molar-refractivity contribution in [2.24, 2.45) is 7.05 Å². The number of carbonyl (C=O) groups excluding carboxylic acids is 1.